The Morgan fingerprint density at radius 3 is 2.68 bits per heavy atom. The number of furan rings is 1. The smallest absolute Gasteiger partial charge is 0.284 e. The molecule has 1 unspecified atom stereocenters. The quantitative estimate of drug-likeness (QED) is 0.543. The Labute approximate surface area is 153 Å². The second kappa shape index (κ2) is 8.60. The zero-order valence-electron chi connectivity index (χ0n) is 13.6. The van der Waals surface area contributed by atoms with Gasteiger partial charge in [0.2, 0.25) is 0 Å². The molecule has 7 heteroatoms. The Bertz CT molecular complexity index is 789. The largest absolute Gasteiger partial charge is 0.464 e. The predicted octanol–water partition coefficient (Wildman–Crippen LogP) is 5.71. The van der Waals surface area contributed by atoms with Gasteiger partial charge in [0.05, 0.1) is 24.0 Å². The Morgan fingerprint density at radius 2 is 1.92 bits per heavy atom. The van der Waals surface area contributed by atoms with Crippen LogP contribution in [-0.4, -0.2) is 10.7 Å². The summed E-state index contributed by atoms with van der Waals surface area (Å²) in [4.78, 5) is 4.69. The molecule has 1 atom stereocenters. The van der Waals surface area contributed by atoms with Gasteiger partial charge in [0, 0.05) is 10.9 Å². The minimum absolute atomic E-state index is 0.0754. The number of aromatic nitrogens is 1. The molecule has 0 bridgehead atoms. The first-order chi connectivity index (χ1) is 12.1. The normalized spacial score (nSPS) is 12.6. The van der Waals surface area contributed by atoms with E-state index in [1.165, 1.54) is 0 Å². The van der Waals surface area contributed by atoms with Gasteiger partial charge in [0.15, 0.2) is 0 Å². The molecular weight excluding hydrogens is 362 g/mol. The zero-order valence-corrected chi connectivity index (χ0v) is 15.2. The van der Waals surface area contributed by atoms with Gasteiger partial charge >= 0.3 is 0 Å². The van der Waals surface area contributed by atoms with Crippen molar-refractivity contribution in [3.8, 4) is 11.3 Å². The summed E-state index contributed by atoms with van der Waals surface area (Å²) in [7, 11) is 0. The van der Waals surface area contributed by atoms with Crippen molar-refractivity contribution < 1.29 is 13.2 Å². The van der Waals surface area contributed by atoms with Crippen molar-refractivity contribution in [2.24, 2.45) is 0 Å². The third kappa shape index (κ3) is 5.14. The summed E-state index contributed by atoms with van der Waals surface area (Å²) in [5, 5.41) is 6.41. The average molecular weight is 380 g/mol. The molecule has 0 amide bonds. The van der Waals surface area contributed by atoms with Crippen LogP contribution in [0.3, 0.4) is 0 Å². The lowest BCUT2D eigenvalue weighted by atomic mass is 10.2. The molecule has 3 nitrogen and oxygen atoms in total. The van der Waals surface area contributed by atoms with Crippen LogP contribution in [0.2, 0.25) is 0 Å². The molecule has 0 aliphatic heterocycles. The molecule has 3 aromatic rings. The highest BCUT2D eigenvalue weighted by atomic mass is 32.2. The van der Waals surface area contributed by atoms with Crippen molar-refractivity contribution in [1.82, 2.24) is 10.3 Å². The van der Waals surface area contributed by atoms with Gasteiger partial charge in [0.1, 0.15) is 16.5 Å². The van der Waals surface area contributed by atoms with Gasteiger partial charge in [-0.25, -0.2) is 4.98 Å². The van der Waals surface area contributed by atoms with E-state index in [0.29, 0.717) is 24.1 Å². The highest BCUT2D eigenvalue weighted by Gasteiger charge is 2.12. The van der Waals surface area contributed by atoms with Crippen LogP contribution in [0, 0.1) is 0 Å². The Kier molecular flexibility index (Phi) is 6.23. The van der Waals surface area contributed by atoms with Crippen molar-refractivity contribution in [3.05, 3.63) is 64.4 Å². The number of rotatable bonds is 8. The molecule has 1 N–H and O–H groups in total. The number of nitrogens with one attached hydrogen (secondary N) is 1. The van der Waals surface area contributed by atoms with E-state index in [1.54, 1.807) is 17.4 Å². The van der Waals surface area contributed by atoms with Crippen LogP contribution in [0.1, 0.15) is 29.5 Å². The van der Waals surface area contributed by atoms with Crippen molar-refractivity contribution in [1.29, 1.82) is 0 Å². The molecule has 25 heavy (non-hydrogen) atoms. The van der Waals surface area contributed by atoms with Gasteiger partial charge in [-0.1, -0.05) is 42.1 Å². The number of thioether (sulfide) groups is 1. The number of halogens is 2. The summed E-state index contributed by atoms with van der Waals surface area (Å²) in [6.45, 7) is 2.57. The minimum atomic E-state index is -2.38. The number of hydrogen-bond donors (Lipinski definition) is 1. The molecule has 0 saturated carbocycles. The van der Waals surface area contributed by atoms with E-state index < -0.39 is 5.76 Å². The van der Waals surface area contributed by atoms with Gasteiger partial charge < -0.3 is 9.73 Å². The summed E-state index contributed by atoms with van der Waals surface area (Å²) >= 11 is 2.18. The van der Waals surface area contributed by atoms with E-state index in [0.717, 1.165) is 22.0 Å². The Morgan fingerprint density at radius 1 is 1.16 bits per heavy atom. The highest BCUT2D eigenvalue weighted by molar-refractivity contribution is 7.98. The van der Waals surface area contributed by atoms with Crippen LogP contribution >= 0.6 is 23.1 Å². The van der Waals surface area contributed by atoms with E-state index in [4.69, 9.17) is 4.42 Å². The van der Waals surface area contributed by atoms with Gasteiger partial charge in [-0.2, -0.15) is 8.78 Å². The SMILES string of the molecule is CC(NCc1ccc(CSC(F)F)o1)c1nc(-c2ccccc2)cs1. The summed E-state index contributed by atoms with van der Waals surface area (Å²) in [6.07, 6.45) is 0. The highest BCUT2D eigenvalue weighted by Crippen LogP contribution is 2.26. The van der Waals surface area contributed by atoms with E-state index >= 15 is 0 Å². The van der Waals surface area contributed by atoms with E-state index in [2.05, 4.69) is 15.7 Å². The molecule has 3 rings (SSSR count). The van der Waals surface area contributed by atoms with Crippen LogP contribution in [0.4, 0.5) is 8.78 Å². The molecule has 132 valence electrons. The van der Waals surface area contributed by atoms with Gasteiger partial charge in [0.25, 0.3) is 5.76 Å². The molecule has 0 radical (unpaired) electrons. The second-order valence-electron chi connectivity index (χ2n) is 5.48. The molecule has 1 aromatic carbocycles. The third-order valence-electron chi connectivity index (χ3n) is 3.61. The molecule has 0 saturated heterocycles. The first-order valence-corrected chi connectivity index (χ1v) is 9.76. The fourth-order valence-corrected chi connectivity index (χ4v) is 3.61. The topological polar surface area (TPSA) is 38.1 Å². The molecule has 0 aliphatic carbocycles. The van der Waals surface area contributed by atoms with E-state index in [9.17, 15) is 8.78 Å². The van der Waals surface area contributed by atoms with Crippen molar-refractivity contribution in [3.63, 3.8) is 0 Å². The lowest BCUT2D eigenvalue weighted by molar-refractivity contribution is 0.251. The maximum Gasteiger partial charge on any atom is 0.284 e. The Balaban J connectivity index is 1.54. The zero-order chi connectivity index (χ0) is 17.6. The first kappa shape index (κ1) is 18.1. The average Bonchev–Trinajstić information content (AvgIpc) is 3.28. The van der Waals surface area contributed by atoms with Crippen molar-refractivity contribution in [2.45, 2.75) is 31.0 Å². The van der Waals surface area contributed by atoms with Crippen molar-refractivity contribution >= 4 is 23.1 Å². The molecule has 0 aliphatic rings. The maximum atomic E-state index is 12.2. The van der Waals surface area contributed by atoms with Crippen LogP contribution in [0.25, 0.3) is 11.3 Å². The van der Waals surface area contributed by atoms with Crippen LogP contribution in [-0.2, 0) is 12.3 Å². The second-order valence-corrected chi connectivity index (χ2v) is 7.35. The predicted molar refractivity (Wildman–Crippen MR) is 98.8 cm³/mol. The fourth-order valence-electron chi connectivity index (χ4n) is 2.31. The lowest BCUT2D eigenvalue weighted by Gasteiger charge is -2.09. The number of alkyl halides is 2. The van der Waals surface area contributed by atoms with Gasteiger partial charge in [-0.05, 0) is 19.1 Å². The van der Waals surface area contributed by atoms with Crippen LogP contribution in [0.5, 0.6) is 0 Å². The number of benzene rings is 1. The monoisotopic (exact) mass is 380 g/mol. The van der Waals surface area contributed by atoms with Crippen LogP contribution < -0.4 is 5.32 Å². The molecular formula is C18H18F2N2OS2. The third-order valence-corrected chi connectivity index (χ3v) is 5.34. The van der Waals surface area contributed by atoms with E-state index in [-0.39, 0.29) is 11.8 Å². The van der Waals surface area contributed by atoms with Gasteiger partial charge in [-0.15, -0.1) is 11.3 Å². The van der Waals surface area contributed by atoms with Crippen molar-refractivity contribution in [2.75, 3.05) is 0 Å². The number of hydrogen-bond acceptors (Lipinski definition) is 5. The van der Waals surface area contributed by atoms with Gasteiger partial charge in [-0.3, -0.25) is 0 Å². The fraction of sp³-hybridized carbons (Fsp3) is 0.278. The van der Waals surface area contributed by atoms with E-state index in [1.807, 2.05) is 43.3 Å². The molecule has 2 heterocycles. The summed E-state index contributed by atoms with van der Waals surface area (Å²) in [5.41, 5.74) is 2.07. The molecule has 0 fully saturated rings. The number of nitrogens with zero attached hydrogens (tertiary/aromatic N) is 1. The summed E-state index contributed by atoms with van der Waals surface area (Å²) < 4.78 is 30.0. The first-order valence-electron chi connectivity index (χ1n) is 7.83. The molecule has 0 spiro atoms. The Hall–Kier alpha value is -1.70. The molecule has 2 aromatic heterocycles. The lowest BCUT2D eigenvalue weighted by Crippen LogP contribution is -2.17. The summed E-state index contributed by atoms with van der Waals surface area (Å²) in [5.74, 6) is -0.900. The summed E-state index contributed by atoms with van der Waals surface area (Å²) in [6, 6.07) is 13.7. The standard InChI is InChI=1S/C18H18F2N2OS2/c1-12(17-22-16(11-24-17)13-5-3-2-4-6-13)21-9-14-7-8-15(23-14)10-25-18(19)20/h2-8,11-12,18,21H,9-10H2,1H3. The number of thiazole rings is 1. The maximum absolute atomic E-state index is 12.2. The minimum Gasteiger partial charge on any atom is -0.464 e. The van der Waals surface area contributed by atoms with Crippen LogP contribution in [0.15, 0.2) is 52.3 Å².